The van der Waals surface area contributed by atoms with Crippen molar-refractivity contribution in [3.8, 4) is 29.0 Å². The van der Waals surface area contributed by atoms with Gasteiger partial charge in [-0.25, -0.2) is 9.59 Å². The van der Waals surface area contributed by atoms with Crippen molar-refractivity contribution < 1.29 is 58.7 Å². The Bertz CT molecular complexity index is 4480. The molecule has 14 rings (SSSR count). The van der Waals surface area contributed by atoms with E-state index in [-0.39, 0.29) is 31.7 Å². The largest absolute Gasteiger partial charge is 0.569 e. The molecule has 99 heavy (non-hydrogen) atoms. The number of carboxylic acids is 2. The summed E-state index contributed by atoms with van der Waals surface area (Å²) in [5.74, 6) is -1.22. The molecule has 501 valence electrons. The molecule has 0 atom stereocenters. The smallest absolute Gasteiger partial charge is 0.537 e. The van der Waals surface area contributed by atoms with Crippen molar-refractivity contribution in [2.24, 2.45) is 0 Å². The van der Waals surface area contributed by atoms with Crippen molar-refractivity contribution in [3.05, 3.63) is 325 Å². The maximum Gasteiger partial charge on any atom is 0.569 e. The van der Waals surface area contributed by atoms with E-state index >= 15 is 0 Å². The molecule has 0 unspecified atom stereocenters. The maximum atomic E-state index is 12.6. The molecule has 0 fully saturated rings. The van der Waals surface area contributed by atoms with Gasteiger partial charge in [-0.3, -0.25) is 9.59 Å². The number of aliphatic carboxylic acids is 2. The third-order valence-electron chi connectivity index (χ3n) is 15.7. The number of rotatable bonds is 9. The number of carboxylic acid groups (broad SMARTS) is 2. The second kappa shape index (κ2) is 39.7. The molecule has 1 radical (unpaired) electrons. The van der Waals surface area contributed by atoms with Crippen molar-refractivity contribution >= 4 is 105 Å². The van der Waals surface area contributed by atoms with Crippen LogP contribution >= 0.6 is 31.8 Å². The number of hydrogen-bond acceptors (Lipinski definition) is 10. The zero-order valence-corrected chi connectivity index (χ0v) is 60.1. The van der Waals surface area contributed by atoms with E-state index in [0.29, 0.717) is 40.2 Å². The molecule has 3 N–H and O–H groups in total. The van der Waals surface area contributed by atoms with Crippen LogP contribution in [-0.4, -0.2) is 34.9 Å². The van der Waals surface area contributed by atoms with Crippen LogP contribution in [0, 0.1) is 36.5 Å². The molecule has 0 bridgehead atoms. The van der Waals surface area contributed by atoms with Crippen molar-refractivity contribution in [1.82, 2.24) is 0 Å². The van der Waals surface area contributed by atoms with Gasteiger partial charge in [0.25, 0.3) is 11.9 Å². The normalized spacial score (nSPS) is 11.3. The van der Waals surface area contributed by atoms with E-state index in [1.165, 1.54) is 85.8 Å². The molecule has 10 aromatic carbocycles. The minimum atomic E-state index is -0.833. The van der Waals surface area contributed by atoms with Crippen molar-refractivity contribution in [3.63, 3.8) is 0 Å². The Morgan fingerprint density at radius 3 is 1.11 bits per heavy atom. The maximum absolute atomic E-state index is 12.6. The summed E-state index contributed by atoms with van der Waals surface area (Å²) < 4.78 is 16.1. The molecule has 0 spiro atoms. The summed E-state index contributed by atoms with van der Waals surface area (Å²) in [4.78, 5) is 42.2. The quantitative estimate of drug-likeness (QED) is 0.0700. The molecule has 2 aromatic heterocycles. The van der Waals surface area contributed by atoms with Crippen LogP contribution in [0.4, 0.5) is 0 Å². The van der Waals surface area contributed by atoms with E-state index in [4.69, 9.17) is 44.2 Å². The minimum absolute atomic E-state index is 0. The molecule has 12 nitrogen and oxygen atoms in total. The SMILES string of the molecule is CC(=O)O.CC(=O)O.Cc1c(-c2cccc(C#N)c2)c(=O)oc2cc3c(cc12)CCCC3.Cc1c(Br)c(=O)oc2cc3c(cc12)CCCC3.N#Cc1cccc(O[B]O)c1.[Pd].c1ccc(P(c2ccccc2)c2ccccc2)cc1.c1ccc(P(c2ccccc2)c2ccccc2)cc1. The molecule has 2 heterocycles. The molecule has 2 aliphatic carbocycles. The average molecular weight is 1510 g/mol. The fraction of sp³-hybridized carbons (Fsp3) is 0.146. The molecule has 0 saturated carbocycles. The van der Waals surface area contributed by atoms with Gasteiger partial charge in [-0.05, 0) is 222 Å². The van der Waals surface area contributed by atoms with Crippen LogP contribution in [0.1, 0.15) is 84.0 Å². The third kappa shape index (κ3) is 22.4. The monoisotopic (exact) mass is 1500 g/mol. The summed E-state index contributed by atoms with van der Waals surface area (Å²) in [5.41, 5.74) is 10.4. The zero-order chi connectivity index (χ0) is 69.8. The topological polar surface area (TPSA) is 212 Å². The minimum Gasteiger partial charge on any atom is -0.537 e. The van der Waals surface area contributed by atoms with Gasteiger partial charge < -0.3 is 28.7 Å². The second-order valence-corrected chi connectivity index (χ2v) is 27.9. The van der Waals surface area contributed by atoms with Crippen LogP contribution in [0.2, 0.25) is 0 Å². The first-order chi connectivity index (χ1) is 47.6. The third-order valence-corrected chi connectivity index (χ3v) is 21.5. The Labute approximate surface area is 602 Å². The molecule has 0 saturated heterocycles. The van der Waals surface area contributed by atoms with Gasteiger partial charge in [-0.1, -0.05) is 200 Å². The van der Waals surface area contributed by atoms with E-state index in [0.717, 1.165) is 72.6 Å². The van der Waals surface area contributed by atoms with E-state index < -0.39 is 27.8 Å². The molecular formula is C82H73BBrN2O10P2Pd. The number of nitriles is 2. The van der Waals surface area contributed by atoms with Gasteiger partial charge in [0.2, 0.25) is 0 Å². The molecule has 0 aliphatic heterocycles. The predicted octanol–water partition coefficient (Wildman–Crippen LogP) is 15.8. The van der Waals surface area contributed by atoms with Gasteiger partial charge in [-0.2, -0.15) is 10.5 Å². The fourth-order valence-electron chi connectivity index (χ4n) is 11.3. The first-order valence-corrected chi connectivity index (χ1v) is 35.3. The van der Waals surface area contributed by atoms with Crippen LogP contribution in [0.15, 0.2) is 278 Å². The molecule has 0 amide bonds. The van der Waals surface area contributed by atoms with Gasteiger partial charge in [0.1, 0.15) is 21.4 Å². The summed E-state index contributed by atoms with van der Waals surface area (Å²) >= 11 is 3.29. The zero-order valence-electron chi connectivity index (χ0n) is 55.2. The summed E-state index contributed by atoms with van der Waals surface area (Å²) in [6, 6.07) is 90.8. The number of benzene rings is 10. The Morgan fingerprint density at radius 1 is 0.455 bits per heavy atom. The summed E-state index contributed by atoms with van der Waals surface area (Å²) in [6.07, 6.45) is 9.29. The number of carbonyl (C=O) groups is 2. The van der Waals surface area contributed by atoms with E-state index in [9.17, 15) is 9.59 Å². The number of fused-ring (bicyclic) bond motifs is 4. The first kappa shape index (κ1) is 76.7. The first-order valence-electron chi connectivity index (χ1n) is 31.8. The number of nitrogens with zero attached hydrogens (tertiary/aromatic N) is 2. The van der Waals surface area contributed by atoms with Crippen LogP contribution in [0.5, 0.6) is 5.75 Å². The summed E-state index contributed by atoms with van der Waals surface area (Å²) in [6.45, 7) is 6.08. The summed E-state index contributed by atoms with van der Waals surface area (Å²) in [5, 5.41) is 51.1. The van der Waals surface area contributed by atoms with Crippen LogP contribution in [0.3, 0.4) is 0 Å². The molecule has 17 heteroatoms. The van der Waals surface area contributed by atoms with Crippen molar-refractivity contribution in [2.75, 3.05) is 0 Å². The molecule has 12 aromatic rings. The number of hydrogen-bond donors (Lipinski definition) is 3. The van der Waals surface area contributed by atoms with Crippen LogP contribution < -0.4 is 47.7 Å². The van der Waals surface area contributed by atoms with Crippen LogP contribution in [0.25, 0.3) is 33.1 Å². The Kier molecular flexibility index (Phi) is 30.8. The fourth-order valence-corrected chi connectivity index (χ4v) is 16.2. The Hall–Kier alpha value is -9.63. The van der Waals surface area contributed by atoms with E-state index in [2.05, 4.69) is 221 Å². The average Bonchev–Trinajstić information content (AvgIpc) is 0.775. The number of halogens is 1. The summed E-state index contributed by atoms with van der Waals surface area (Å²) in [7, 11) is -0.312. The molecular weight excluding hydrogens is 1430 g/mol. The Balaban J connectivity index is 0.000000171. The number of aryl methyl sites for hydroxylation is 6. The molecule has 2 aliphatic rings. The van der Waals surface area contributed by atoms with Gasteiger partial charge in [-0.15, -0.1) is 0 Å². The standard InChI is InChI=1S/C21H17NO2.2C18H15P.C14H13BrO2.C7H5BNO2.2C2H4O2.Pd/c1-13-18-10-15-6-2-3-7-16(15)11-19(18)24-21(23)20(13)17-8-4-5-14(9-17)12-22;2*1-4-10-16(11-5-1)19(17-12-6-2-7-13-17)18-14-8-3-9-15-18;1-8-11-6-9-4-2-3-5-10(9)7-12(11)17-14(16)13(8)15;9-5-6-2-1-3-7(4-6)11-8-10;2*1-2(3)4;/h4-5,8-11H,2-3,6-7H2,1H3;2*1-15H;6-7H,2-5H2,1H3;1-4,10H;2*1H3,(H,3,4);. The van der Waals surface area contributed by atoms with Gasteiger partial charge in [0.05, 0.1) is 28.8 Å². The predicted molar refractivity (Wildman–Crippen MR) is 402 cm³/mol. The van der Waals surface area contributed by atoms with Crippen molar-refractivity contribution in [1.29, 1.82) is 10.5 Å². The van der Waals surface area contributed by atoms with Gasteiger partial charge in [0, 0.05) is 45.0 Å². The Morgan fingerprint density at radius 2 is 0.768 bits per heavy atom. The van der Waals surface area contributed by atoms with Gasteiger partial charge in [0.15, 0.2) is 0 Å². The van der Waals surface area contributed by atoms with Crippen molar-refractivity contribution in [2.45, 2.75) is 79.1 Å². The second-order valence-electron chi connectivity index (χ2n) is 22.6. The van der Waals surface area contributed by atoms with E-state index in [1.807, 2.05) is 38.1 Å². The van der Waals surface area contributed by atoms with E-state index in [1.54, 1.807) is 36.4 Å². The van der Waals surface area contributed by atoms with Crippen LogP contribution in [-0.2, 0) is 55.7 Å². The van der Waals surface area contributed by atoms with Gasteiger partial charge >= 0.3 is 18.9 Å².